The maximum atomic E-state index is 13.3. The van der Waals surface area contributed by atoms with Crippen LogP contribution in [0.5, 0.6) is 0 Å². The Morgan fingerprint density at radius 1 is 1.07 bits per heavy atom. The van der Waals surface area contributed by atoms with Crippen LogP contribution in [0.3, 0.4) is 0 Å². The lowest BCUT2D eigenvalue weighted by molar-refractivity contribution is 0.0783. The van der Waals surface area contributed by atoms with Gasteiger partial charge in [0.15, 0.2) is 0 Å². The van der Waals surface area contributed by atoms with Gasteiger partial charge in [0, 0.05) is 30.6 Å². The summed E-state index contributed by atoms with van der Waals surface area (Å²) in [6.07, 6.45) is 1.65. The third-order valence-corrected chi connectivity index (χ3v) is 5.68. The number of aryl methyl sites for hydroxylation is 1. The van der Waals surface area contributed by atoms with Crippen molar-refractivity contribution in [1.29, 1.82) is 0 Å². The van der Waals surface area contributed by atoms with E-state index >= 15 is 0 Å². The summed E-state index contributed by atoms with van der Waals surface area (Å²) >= 11 is 0. The van der Waals surface area contributed by atoms with Crippen LogP contribution < -0.4 is 0 Å². The molecule has 1 aromatic heterocycles. The van der Waals surface area contributed by atoms with Crippen LogP contribution in [0.25, 0.3) is 11.3 Å². The topological polar surface area (TPSA) is 52.2 Å². The summed E-state index contributed by atoms with van der Waals surface area (Å²) in [4.78, 5) is 17.5. The lowest BCUT2D eigenvalue weighted by atomic mass is 9.93. The predicted octanol–water partition coefficient (Wildman–Crippen LogP) is 3.55. The molecule has 144 valence electrons. The number of hydrogen-bond acceptors (Lipinski definition) is 3. The molecule has 0 bridgehead atoms. The summed E-state index contributed by atoms with van der Waals surface area (Å²) in [5.74, 6) is 0.334. The molecule has 0 aliphatic carbocycles. The summed E-state index contributed by atoms with van der Waals surface area (Å²) in [6, 6.07) is 18.9. The van der Waals surface area contributed by atoms with Gasteiger partial charge in [-0.15, -0.1) is 0 Å². The maximum absolute atomic E-state index is 13.3. The average molecular weight is 374 g/mol. The van der Waals surface area contributed by atoms with Gasteiger partial charge in [0.25, 0.3) is 5.91 Å². The molecular formula is C23H26N4O. The zero-order chi connectivity index (χ0) is 19.7. The van der Waals surface area contributed by atoms with Crippen molar-refractivity contribution >= 4 is 5.91 Å². The van der Waals surface area contributed by atoms with Crippen molar-refractivity contribution in [2.45, 2.75) is 18.9 Å². The van der Waals surface area contributed by atoms with E-state index in [0.29, 0.717) is 30.6 Å². The van der Waals surface area contributed by atoms with Gasteiger partial charge in [0.2, 0.25) is 0 Å². The first-order valence-electron chi connectivity index (χ1n) is 9.65. The minimum atomic E-state index is 0.0362. The molecular weight excluding hydrogens is 348 g/mol. The Morgan fingerprint density at radius 2 is 1.79 bits per heavy atom. The summed E-state index contributed by atoms with van der Waals surface area (Å²) < 4.78 is 0. The van der Waals surface area contributed by atoms with Gasteiger partial charge in [-0.3, -0.25) is 9.89 Å². The zero-order valence-electron chi connectivity index (χ0n) is 16.6. The normalized spacial score (nSPS) is 19.4. The number of amides is 1. The highest BCUT2D eigenvalue weighted by atomic mass is 16.2. The van der Waals surface area contributed by atoms with Crippen LogP contribution in [0.1, 0.15) is 27.4 Å². The highest BCUT2D eigenvalue weighted by Crippen LogP contribution is 2.32. The second-order valence-electron chi connectivity index (χ2n) is 7.78. The fourth-order valence-corrected chi connectivity index (χ4v) is 4.06. The third kappa shape index (κ3) is 3.45. The average Bonchev–Trinajstić information content (AvgIpc) is 3.36. The van der Waals surface area contributed by atoms with Crippen LogP contribution in [-0.4, -0.2) is 59.1 Å². The number of benzene rings is 2. The molecule has 0 saturated carbocycles. The molecule has 2 heterocycles. The molecule has 4 rings (SSSR count). The number of carbonyl (C=O) groups is 1. The Morgan fingerprint density at radius 3 is 2.46 bits per heavy atom. The third-order valence-electron chi connectivity index (χ3n) is 5.68. The van der Waals surface area contributed by atoms with E-state index in [9.17, 15) is 4.79 Å². The van der Waals surface area contributed by atoms with Crippen molar-refractivity contribution in [3.8, 4) is 11.3 Å². The van der Waals surface area contributed by atoms with E-state index in [0.717, 1.165) is 11.3 Å². The van der Waals surface area contributed by atoms with E-state index in [-0.39, 0.29) is 5.91 Å². The first kappa shape index (κ1) is 18.4. The molecule has 5 heteroatoms. The molecule has 1 aliphatic rings. The van der Waals surface area contributed by atoms with Gasteiger partial charge < -0.3 is 9.80 Å². The summed E-state index contributed by atoms with van der Waals surface area (Å²) in [5.41, 5.74) is 4.93. The van der Waals surface area contributed by atoms with Crippen molar-refractivity contribution < 1.29 is 4.79 Å². The highest BCUT2D eigenvalue weighted by molar-refractivity contribution is 6.00. The maximum Gasteiger partial charge on any atom is 0.257 e. The molecule has 28 heavy (non-hydrogen) atoms. The number of likely N-dealkylation sites (tertiary alicyclic amines) is 1. The molecule has 0 unspecified atom stereocenters. The fourth-order valence-electron chi connectivity index (χ4n) is 4.06. The van der Waals surface area contributed by atoms with E-state index in [1.54, 1.807) is 6.20 Å². The zero-order valence-corrected chi connectivity index (χ0v) is 16.6. The van der Waals surface area contributed by atoms with Gasteiger partial charge in [-0.1, -0.05) is 60.2 Å². The number of likely N-dealkylation sites (N-methyl/N-ethyl adjacent to an activating group) is 1. The number of H-pyrrole nitrogens is 1. The van der Waals surface area contributed by atoms with Crippen LogP contribution in [0, 0.1) is 6.92 Å². The van der Waals surface area contributed by atoms with Crippen molar-refractivity contribution in [2.75, 3.05) is 27.2 Å². The minimum Gasteiger partial charge on any atom is -0.336 e. The molecule has 2 aromatic carbocycles. The number of hydrogen-bond donors (Lipinski definition) is 1. The molecule has 1 aliphatic heterocycles. The molecule has 2 atom stereocenters. The van der Waals surface area contributed by atoms with E-state index in [2.05, 4.69) is 60.4 Å². The van der Waals surface area contributed by atoms with Crippen LogP contribution in [-0.2, 0) is 0 Å². The van der Waals surface area contributed by atoms with E-state index in [4.69, 9.17) is 0 Å². The second kappa shape index (κ2) is 7.60. The number of nitrogens with one attached hydrogen (secondary N) is 1. The van der Waals surface area contributed by atoms with Crippen molar-refractivity contribution in [3.05, 3.63) is 77.5 Å². The molecule has 3 aromatic rings. The van der Waals surface area contributed by atoms with Crippen molar-refractivity contribution in [1.82, 2.24) is 20.0 Å². The summed E-state index contributed by atoms with van der Waals surface area (Å²) in [6.45, 7) is 3.52. The monoisotopic (exact) mass is 374 g/mol. The number of aromatic amines is 1. The van der Waals surface area contributed by atoms with Crippen molar-refractivity contribution in [2.24, 2.45) is 0 Å². The highest BCUT2D eigenvalue weighted by Gasteiger charge is 2.38. The van der Waals surface area contributed by atoms with E-state index in [1.807, 2.05) is 35.2 Å². The molecule has 1 saturated heterocycles. The Hall–Kier alpha value is -2.92. The molecule has 1 fully saturated rings. The van der Waals surface area contributed by atoms with Gasteiger partial charge in [-0.2, -0.15) is 5.10 Å². The van der Waals surface area contributed by atoms with Gasteiger partial charge >= 0.3 is 0 Å². The standard InChI is InChI=1S/C23H26N4O/c1-16-9-11-17(12-10-16)20-14-27(15-21(20)26(2)3)23(28)19-13-24-25-22(19)18-7-5-4-6-8-18/h4-13,20-21H,14-15H2,1-3H3,(H,24,25)/t20-,21+/m0/s1. The van der Waals surface area contributed by atoms with Crippen LogP contribution in [0.4, 0.5) is 0 Å². The smallest absolute Gasteiger partial charge is 0.257 e. The first-order valence-corrected chi connectivity index (χ1v) is 9.65. The Bertz CT molecular complexity index is 946. The van der Waals surface area contributed by atoms with Gasteiger partial charge in [-0.25, -0.2) is 0 Å². The molecule has 0 spiro atoms. The predicted molar refractivity (Wildman–Crippen MR) is 111 cm³/mol. The molecule has 0 radical (unpaired) electrons. The summed E-state index contributed by atoms with van der Waals surface area (Å²) in [5, 5.41) is 7.15. The SMILES string of the molecule is Cc1ccc([C@@H]2CN(C(=O)c3cn[nH]c3-c3ccccc3)C[C@H]2N(C)C)cc1. The number of rotatable bonds is 4. The largest absolute Gasteiger partial charge is 0.336 e. The van der Waals surface area contributed by atoms with E-state index < -0.39 is 0 Å². The fraction of sp³-hybridized carbons (Fsp3) is 0.304. The van der Waals surface area contributed by atoms with Crippen LogP contribution in [0.2, 0.25) is 0 Å². The number of aromatic nitrogens is 2. The molecule has 5 nitrogen and oxygen atoms in total. The number of nitrogens with zero attached hydrogens (tertiary/aromatic N) is 3. The lowest BCUT2D eigenvalue weighted by Crippen LogP contribution is -2.35. The van der Waals surface area contributed by atoms with Crippen LogP contribution >= 0.6 is 0 Å². The molecule has 1 N–H and O–H groups in total. The van der Waals surface area contributed by atoms with Gasteiger partial charge in [-0.05, 0) is 26.6 Å². The lowest BCUT2D eigenvalue weighted by Gasteiger charge is -2.25. The minimum absolute atomic E-state index is 0.0362. The Labute approximate surface area is 166 Å². The van der Waals surface area contributed by atoms with Crippen LogP contribution in [0.15, 0.2) is 60.8 Å². The Kier molecular flexibility index (Phi) is 5.01. The number of carbonyl (C=O) groups excluding carboxylic acids is 1. The van der Waals surface area contributed by atoms with Crippen molar-refractivity contribution in [3.63, 3.8) is 0 Å². The quantitative estimate of drug-likeness (QED) is 0.760. The van der Waals surface area contributed by atoms with Gasteiger partial charge in [0.05, 0.1) is 17.5 Å². The first-order chi connectivity index (χ1) is 13.5. The Balaban J connectivity index is 1.61. The van der Waals surface area contributed by atoms with Gasteiger partial charge in [0.1, 0.15) is 0 Å². The van der Waals surface area contributed by atoms with E-state index in [1.165, 1.54) is 11.1 Å². The molecule has 1 amide bonds. The summed E-state index contributed by atoms with van der Waals surface area (Å²) in [7, 11) is 4.18. The second-order valence-corrected chi connectivity index (χ2v) is 7.78.